The Kier molecular flexibility index (Phi) is 4.25. The van der Waals surface area contributed by atoms with Crippen molar-refractivity contribution in [3.63, 3.8) is 0 Å². The van der Waals surface area contributed by atoms with Crippen LogP contribution in [0.1, 0.15) is 34.8 Å². The summed E-state index contributed by atoms with van der Waals surface area (Å²) in [6.07, 6.45) is -0.250. The molecule has 1 aliphatic heterocycles. The van der Waals surface area contributed by atoms with E-state index in [0.29, 0.717) is 19.5 Å². The molecule has 1 aliphatic rings. The summed E-state index contributed by atoms with van der Waals surface area (Å²) in [5.74, 6) is -1.23. The van der Waals surface area contributed by atoms with E-state index in [2.05, 4.69) is 0 Å². The second-order valence-corrected chi connectivity index (χ2v) is 4.96. The van der Waals surface area contributed by atoms with Gasteiger partial charge in [-0.15, -0.1) is 0 Å². The number of aryl methyl sites for hydroxylation is 1. The summed E-state index contributed by atoms with van der Waals surface area (Å²) in [4.78, 5) is 13.7. The third-order valence-electron chi connectivity index (χ3n) is 3.37. The number of rotatable bonds is 3. The molecule has 1 heterocycles. The third-order valence-corrected chi connectivity index (χ3v) is 3.37. The minimum absolute atomic E-state index is 0.0349. The van der Waals surface area contributed by atoms with Crippen LogP contribution in [0, 0.1) is 0 Å². The van der Waals surface area contributed by atoms with Crippen LogP contribution in [-0.4, -0.2) is 29.0 Å². The van der Waals surface area contributed by atoms with Gasteiger partial charge in [0, 0.05) is 18.7 Å². The van der Waals surface area contributed by atoms with Crippen LogP contribution in [0.25, 0.3) is 0 Å². The summed E-state index contributed by atoms with van der Waals surface area (Å²) in [7, 11) is 0. The van der Waals surface area contributed by atoms with Gasteiger partial charge in [-0.25, -0.2) is 0 Å². The van der Waals surface area contributed by atoms with Crippen LogP contribution in [0.3, 0.4) is 0 Å². The molecule has 0 radical (unpaired) electrons. The Morgan fingerprint density at radius 3 is 2.43 bits per heavy atom. The average Bonchev–Trinajstić information content (AvgIpc) is 2.93. The zero-order chi connectivity index (χ0) is 15.6. The molecular weight excluding hydrogens is 283 g/mol. The molecule has 0 spiro atoms. The van der Waals surface area contributed by atoms with Gasteiger partial charge in [-0.3, -0.25) is 4.79 Å². The summed E-state index contributed by atoms with van der Waals surface area (Å²) in [5.41, 5.74) is -1.03. The maximum absolute atomic E-state index is 13.0. The van der Waals surface area contributed by atoms with Crippen molar-refractivity contribution >= 4 is 5.91 Å². The first-order valence-electron chi connectivity index (χ1n) is 6.72. The Bertz CT molecular complexity index is 571. The molecule has 0 aliphatic carbocycles. The van der Waals surface area contributed by atoms with Gasteiger partial charge in [-0.1, -0.05) is 25.5 Å². The number of carbonyl (C=O) groups excluding carboxylic acids is 1. The molecule has 0 aromatic heterocycles. The fraction of sp³-hybridized carbons (Fsp3) is 0.400. The lowest BCUT2D eigenvalue weighted by atomic mass is 9.99. The number of hydrogen-bond donors (Lipinski definition) is 1. The fourth-order valence-corrected chi connectivity index (χ4v) is 2.32. The van der Waals surface area contributed by atoms with E-state index in [1.807, 2.05) is 0 Å². The van der Waals surface area contributed by atoms with Gasteiger partial charge in [-0.05, 0) is 24.1 Å². The molecule has 0 unspecified atom stereocenters. The fourth-order valence-electron chi connectivity index (χ4n) is 2.32. The van der Waals surface area contributed by atoms with Crippen molar-refractivity contribution in [3.05, 3.63) is 41.0 Å². The van der Waals surface area contributed by atoms with Crippen LogP contribution in [0.15, 0.2) is 24.3 Å². The Labute approximate surface area is 120 Å². The molecule has 21 heavy (non-hydrogen) atoms. The summed E-state index contributed by atoms with van der Waals surface area (Å²) < 4.78 is 39.0. The Balaban J connectivity index is 2.45. The van der Waals surface area contributed by atoms with Gasteiger partial charge in [0.25, 0.3) is 5.91 Å². The number of carbonyl (C=O) groups is 1. The van der Waals surface area contributed by atoms with Crippen molar-refractivity contribution in [2.75, 3.05) is 13.1 Å². The van der Waals surface area contributed by atoms with Crippen LogP contribution in [0.4, 0.5) is 13.2 Å². The van der Waals surface area contributed by atoms with Crippen molar-refractivity contribution in [2.24, 2.45) is 0 Å². The zero-order valence-electron chi connectivity index (χ0n) is 11.6. The molecule has 0 bridgehead atoms. The van der Waals surface area contributed by atoms with Crippen molar-refractivity contribution in [2.45, 2.75) is 25.9 Å². The quantitative estimate of drug-likeness (QED) is 0.869. The number of benzene rings is 1. The highest BCUT2D eigenvalue weighted by Gasteiger charge is 2.36. The molecule has 0 saturated carbocycles. The number of hydrogen-bond acceptors (Lipinski definition) is 2. The molecule has 2 rings (SSSR count). The van der Waals surface area contributed by atoms with Gasteiger partial charge in [0.1, 0.15) is 5.75 Å². The van der Waals surface area contributed by atoms with Crippen molar-refractivity contribution in [3.8, 4) is 5.75 Å². The smallest absolute Gasteiger partial charge is 0.419 e. The van der Waals surface area contributed by atoms with Crippen molar-refractivity contribution in [1.82, 2.24) is 4.90 Å². The first-order chi connectivity index (χ1) is 9.84. The predicted octanol–water partition coefficient (Wildman–Crippen LogP) is 3.38. The maximum Gasteiger partial charge on any atom is 0.419 e. The van der Waals surface area contributed by atoms with Gasteiger partial charge >= 0.3 is 6.18 Å². The molecule has 0 atom stereocenters. The van der Waals surface area contributed by atoms with Crippen LogP contribution < -0.4 is 0 Å². The summed E-state index contributed by atoms with van der Waals surface area (Å²) in [6.45, 7) is 2.58. The monoisotopic (exact) mass is 299 g/mol. The highest BCUT2D eigenvalue weighted by molar-refractivity contribution is 5.95. The Hall–Kier alpha value is -1.98. The highest BCUT2D eigenvalue weighted by atomic mass is 19.4. The molecule has 1 aromatic carbocycles. The molecule has 0 fully saturated rings. The molecule has 1 amide bonds. The number of nitrogens with zero attached hydrogens (tertiary/aromatic N) is 1. The second-order valence-electron chi connectivity index (χ2n) is 4.96. The SMILES string of the molecule is CCCc1cc(C(=O)N2CC=CC2)cc(C(F)(F)F)c1O. The third kappa shape index (κ3) is 3.20. The van der Waals surface area contributed by atoms with E-state index in [-0.39, 0.29) is 17.5 Å². The molecule has 3 nitrogen and oxygen atoms in total. The average molecular weight is 299 g/mol. The van der Waals surface area contributed by atoms with E-state index in [1.54, 1.807) is 19.1 Å². The Morgan fingerprint density at radius 2 is 1.90 bits per heavy atom. The largest absolute Gasteiger partial charge is 0.507 e. The summed E-state index contributed by atoms with van der Waals surface area (Å²) >= 11 is 0. The lowest BCUT2D eigenvalue weighted by Crippen LogP contribution is -2.28. The summed E-state index contributed by atoms with van der Waals surface area (Å²) in [6, 6.07) is 2.09. The number of alkyl halides is 3. The topological polar surface area (TPSA) is 40.5 Å². The van der Waals surface area contributed by atoms with E-state index in [9.17, 15) is 23.1 Å². The van der Waals surface area contributed by atoms with E-state index >= 15 is 0 Å². The normalized spacial score (nSPS) is 14.8. The van der Waals surface area contributed by atoms with Crippen LogP contribution in [0.5, 0.6) is 5.75 Å². The second kappa shape index (κ2) is 5.79. The molecular formula is C15H16F3NO2. The lowest BCUT2D eigenvalue weighted by Gasteiger charge is -2.19. The van der Waals surface area contributed by atoms with Crippen LogP contribution in [-0.2, 0) is 12.6 Å². The number of amides is 1. The minimum atomic E-state index is -4.69. The van der Waals surface area contributed by atoms with E-state index < -0.39 is 23.4 Å². The van der Waals surface area contributed by atoms with Gasteiger partial charge in [0.2, 0.25) is 0 Å². The first-order valence-corrected chi connectivity index (χ1v) is 6.72. The lowest BCUT2D eigenvalue weighted by molar-refractivity contribution is -0.138. The van der Waals surface area contributed by atoms with Crippen LogP contribution in [0.2, 0.25) is 0 Å². The highest BCUT2D eigenvalue weighted by Crippen LogP contribution is 2.39. The Morgan fingerprint density at radius 1 is 1.29 bits per heavy atom. The molecule has 114 valence electrons. The number of halogens is 3. The zero-order valence-corrected chi connectivity index (χ0v) is 11.6. The molecule has 1 N–H and O–H groups in total. The number of phenolic OH excluding ortho intramolecular Hbond substituents is 1. The van der Waals surface area contributed by atoms with Crippen molar-refractivity contribution in [1.29, 1.82) is 0 Å². The van der Waals surface area contributed by atoms with Gasteiger partial charge < -0.3 is 10.0 Å². The van der Waals surface area contributed by atoms with Crippen molar-refractivity contribution < 1.29 is 23.1 Å². The van der Waals surface area contributed by atoms with Gasteiger partial charge in [0.15, 0.2) is 0 Å². The van der Waals surface area contributed by atoms with E-state index in [1.165, 1.54) is 11.0 Å². The molecule has 6 heteroatoms. The molecule has 1 aromatic rings. The van der Waals surface area contributed by atoms with Crippen LogP contribution >= 0.6 is 0 Å². The minimum Gasteiger partial charge on any atom is -0.507 e. The first kappa shape index (κ1) is 15.4. The van der Waals surface area contributed by atoms with E-state index in [4.69, 9.17) is 0 Å². The number of aromatic hydroxyl groups is 1. The molecule has 0 saturated heterocycles. The predicted molar refractivity (Wildman–Crippen MR) is 72.1 cm³/mol. The van der Waals surface area contributed by atoms with Gasteiger partial charge in [-0.2, -0.15) is 13.2 Å². The maximum atomic E-state index is 13.0. The standard InChI is InChI=1S/C15H16F3NO2/c1-2-5-10-8-11(14(21)19-6-3-4-7-19)9-12(13(10)20)15(16,17)18/h3-4,8-9,20H,2,5-7H2,1H3. The number of phenols is 1. The van der Waals surface area contributed by atoms with E-state index in [0.717, 1.165) is 6.07 Å². The van der Waals surface area contributed by atoms with Gasteiger partial charge in [0.05, 0.1) is 5.56 Å². The summed E-state index contributed by atoms with van der Waals surface area (Å²) in [5, 5.41) is 9.77.